The fraction of sp³-hybridized carbons (Fsp3) is 0.200. The van der Waals surface area contributed by atoms with Gasteiger partial charge in [-0.2, -0.15) is 0 Å². The highest BCUT2D eigenvalue weighted by Gasteiger charge is 2.03. The molecule has 0 aliphatic carbocycles. The molecule has 0 atom stereocenters. The van der Waals surface area contributed by atoms with Crippen molar-refractivity contribution >= 4 is 17.5 Å². The first-order valence-electron chi connectivity index (χ1n) is 6.35. The van der Waals surface area contributed by atoms with Gasteiger partial charge in [-0.1, -0.05) is 41.9 Å². The van der Waals surface area contributed by atoms with Gasteiger partial charge >= 0.3 is 0 Å². The maximum atomic E-state index is 11.7. The third-order valence-corrected chi connectivity index (χ3v) is 3.13. The van der Waals surface area contributed by atoms with E-state index >= 15 is 0 Å². The second-order valence-corrected chi connectivity index (χ2v) is 4.74. The number of hydrogen-bond acceptors (Lipinski definition) is 3. The van der Waals surface area contributed by atoms with Gasteiger partial charge in [-0.15, -0.1) is 0 Å². The molecule has 1 heterocycles. The monoisotopic (exact) mass is 289 g/mol. The van der Waals surface area contributed by atoms with E-state index in [-0.39, 0.29) is 12.5 Å². The molecule has 0 spiro atoms. The number of nitrogens with zero attached hydrogens (tertiary/aromatic N) is 1. The Balaban J connectivity index is 1.69. The van der Waals surface area contributed by atoms with Crippen molar-refractivity contribution in [2.24, 2.45) is 0 Å². The van der Waals surface area contributed by atoms with Crippen LogP contribution >= 0.6 is 11.6 Å². The van der Waals surface area contributed by atoms with Gasteiger partial charge in [-0.3, -0.25) is 9.78 Å². The van der Waals surface area contributed by atoms with Gasteiger partial charge in [-0.25, -0.2) is 0 Å². The van der Waals surface area contributed by atoms with Crippen LogP contribution in [0.4, 0.5) is 0 Å². The lowest BCUT2D eigenvalue weighted by Gasteiger charge is -2.07. The zero-order valence-corrected chi connectivity index (χ0v) is 11.7. The fourth-order valence-electron chi connectivity index (χ4n) is 1.72. The molecule has 1 aromatic heterocycles. The summed E-state index contributed by atoms with van der Waals surface area (Å²) < 4.78 is 0. The molecule has 2 rings (SSSR count). The fourth-order valence-corrected chi connectivity index (χ4v) is 1.90. The number of carbonyl (C=O) groups is 1. The molecular formula is C15H16ClN3O. The summed E-state index contributed by atoms with van der Waals surface area (Å²) in [4.78, 5) is 15.6. The molecule has 0 saturated carbocycles. The number of rotatable bonds is 6. The number of pyridine rings is 1. The lowest BCUT2D eigenvalue weighted by molar-refractivity contribution is -0.120. The number of aromatic nitrogens is 1. The molecule has 2 aromatic rings. The normalized spacial score (nSPS) is 10.2. The molecule has 0 saturated heterocycles. The zero-order valence-electron chi connectivity index (χ0n) is 11.0. The lowest BCUT2D eigenvalue weighted by atomic mass is 10.2. The summed E-state index contributed by atoms with van der Waals surface area (Å²) >= 11 is 5.98. The van der Waals surface area contributed by atoms with E-state index in [4.69, 9.17) is 11.6 Å². The number of halogens is 1. The molecule has 1 aromatic carbocycles. The molecule has 0 bridgehead atoms. The quantitative estimate of drug-likeness (QED) is 0.857. The number of hydrogen-bond donors (Lipinski definition) is 2. The van der Waals surface area contributed by atoms with Crippen molar-refractivity contribution in [1.82, 2.24) is 15.6 Å². The Labute approximate surface area is 123 Å². The smallest absolute Gasteiger partial charge is 0.234 e. The maximum absolute atomic E-state index is 11.7. The number of benzene rings is 1. The van der Waals surface area contributed by atoms with Crippen LogP contribution in [0.5, 0.6) is 0 Å². The first kappa shape index (κ1) is 14.5. The minimum Gasteiger partial charge on any atom is -0.351 e. The third-order valence-electron chi connectivity index (χ3n) is 2.79. The second kappa shape index (κ2) is 7.62. The van der Waals surface area contributed by atoms with Gasteiger partial charge in [0.1, 0.15) is 0 Å². The van der Waals surface area contributed by atoms with Crippen LogP contribution in [0.1, 0.15) is 11.1 Å². The summed E-state index contributed by atoms with van der Waals surface area (Å²) in [6.45, 7) is 1.34. The topological polar surface area (TPSA) is 54.0 Å². The van der Waals surface area contributed by atoms with E-state index in [1.807, 2.05) is 36.4 Å². The van der Waals surface area contributed by atoms with Gasteiger partial charge in [0.05, 0.1) is 11.6 Å². The average molecular weight is 290 g/mol. The SMILES string of the molecule is O=C(CNCc1ccncc1Cl)NCc1ccccc1. The Bertz CT molecular complexity index is 560. The van der Waals surface area contributed by atoms with Crippen LogP contribution in [-0.4, -0.2) is 17.4 Å². The van der Waals surface area contributed by atoms with E-state index in [0.717, 1.165) is 11.1 Å². The highest BCUT2D eigenvalue weighted by molar-refractivity contribution is 6.31. The van der Waals surface area contributed by atoms with E-state index in [1.165, 1.54) is 0 Å². The maximum Gasteiger partial charge on any atom is 0.234 e. The zero-order chi connectivity index (χ0) is 14.2. The van der Waals surface area contributed by atoms with Crippen LogP contribution in [0.3, 0.4) is 0 Å². The predicted octanol–water partition coefficient (Wildman–Crippen LogP) is 2.14. The van der Waals surface area contributed by atoms with Gasteiger partial charge in [-0.05, 0) is 17.2 Å². The van der Waals surface area contributed by atoms with Gasteiger partial charge in [0.15, 0.2) is 0 Å². The van der Waals surface area contributed by atoms with Crippen molar-refractivity contribution in [3.63, 3.8) is 0 Å². The van der Waals surface area contributed by atoms with Crippen molar-refractivity contribution < 1.29 is 4.79 Å². The number of carbonyl (C=O) groups excluding carboxylic acids is 1. The third kappa shape index (κ3) is 4.64. The van der Waals surface area contributed by atoms with E-state index in [9.17, 15) is 4.79 Å². The lowest BCUT2D eigenvalue weighted by Crippen LogP contribution is -2.33. The largest absolute Gasteiger partial charge is 0.351 e. The minimum atomic E-state index is -0.0426. The van der Waals surface area contributed by atoms with Crippen molar-refractivity contribution in [3.8, 4) is 0 Å². The summed E-state index contributed by atoms with van der Waals surface area (Å²) in [7, 11) is 0. The Hall–Kier alpha value is -1.91. The summed E-state index contributed by atoms with van der Waals surface area (Å²) in [5.41, 5.74) is 2.01. The van der Waals surface area contributed by atoms with Crippen LogP contribution in [0, 0.1) is 0 Å². The van der Waals surface area contributed by atoms with Gasteiger partial charge in [0.2, 0.25) is 5.91 Å². The number of amides is 1. The standard InChI is InChI=1S/C15H16ClN3O/c16-14-10-17-7-6-13(14)9-18-11-15(20)19-8-12-4-2-1-3-5-12/h1-7,10,18H,8-9,11H2,(H,19,20). The highest BCUT2D eigenvalue weighted by Crippen LogP contribution is 2.12. The van der Waals surface area contributed by atoms with Crippen LogP contribution in [0.2, 0.25) is 5.02 Å². The number of nitrogens with one attached hydrogen (secondary N) is 2. The van der Waals surface area contributed by atoms with Crippen LogP contribution in [-0.2, 0) is 17.9 Å². The molecule has 0 radical (unpaired) electrons. The van der Waals surface area contributed by atoms with Crippen molar-refractivity contribution in [1.29, 1.82) is 0 Å². The molecule has 2 N–H and O–H groups in total. The summed E-state index contributed by atoms with van der Waals surface area (Å²) in [6.07, 6.45) is 3.27. The molecule has 1 amide bonds. The Morgan fingerprint density at radius 3 is 2.70 bits per heavy atom. The summed E-state index contributed by atoms with van der Waals surface area (Å²) in [5, 5.41) is 6.51. The highest BCUT2D eigenvalue weighted by atomic mass is 35.5. The Kier molecular flexibility index (Phi) is 5.53. The first-order valence-corrected chi connectivity index (χ1v) is 6.73. The van der Waals surface area contributed by atoms with E-state index in [1.54, 1.807) is 12.4 Å². The summed E-state index contributed by atoms with van der Waals surface area (Å²) in [6, 6.07) is 11.6. The van der Waals surface area contributed by atoms with E-state index in [2.05, 4.69) is 15.6 Å². The molecule has 5 heteroatoms. The van der Waals surface area contributed by atoms with Crippen LogP contribution < -0.4 is 10.6 Å². The predicted molar refractivity (Wildman–Crippen MR) is 79.2 cm³/mol. The van der Waals surface area contributed by atoms with E-state index in [0.29, 0.717) is 18.1 Å². The molecule has 104 valence electrons. The molecule has 20 heavy (non-hydrogen) atoms. The Morgan fingerprint density at radius 2 is 1.95 bits per heavy atom. The molecule has 0 aliphatic heterocycles. The minimum absolute atomic E-state index is 0.0426. The molecular weight excluding hydrogens is 274 g/mol. The Morgan fingerprint density at radius 1 is 1.15 bits per heavy atom. The van der Waals surface area contributed by atoms with Crippen LogP contribution in [0.25, 0.3) is 0 Å². The van der Waals surface area contributed by atoms with Gasteiger partial charge < -0.3 is 10.6 Å². The molecule has 0 unspecified atom stereocenters. The van der Waals surface area contributed by atoms with Gasteiger partial charge in [0.25, 0.3) is 0 Å². The van der Waals surface area contributed by atoms with Crippen LogP contribution in [0.15, 0.2) is 48.8 Å². The molecule has 0 fully saturated rings. The average Bonchev–Trinajstić information content (AvgIpc) is 2.48. The van der Waals surface area contributed by atoms with Gasteiger partial charge in [0, 0.05) is 25.5 Å². The first-order chi connectivity index (χ1) is 9.75. The van der Waals surface area contributed by atoms with Crippen molar-refractivity contribution in [2.75, 3.05) is 6.54 Å². The second-order valence-electron chi connectivity index (χ2n) is 4.33. The van der Waals surface area contributed by atoms with Crippen molar-refractivity contribution in [3.05, 3.63) is 64.9 Å². The molecule has 0 aliphatic rings. The van der Waals surface area contributed by atoms with Crippen molar-refractivity contribution in [2.45, 2.75) is 13.1 Å². The van der Waals surface area contributed by atoms with E-state index < -0.39 is 0 Å². The molecule has 4 nitrogen and oxygen atoms in total. The summed E-state index contributed by atoms with van der Waals surface area (Å²) in [5.74, 6) is -0.0426.